The molecule has 0 bridgehead atoms. The van der Waals surface area contributed by atoms with Gasteiger partial charge in [0.15, 0.2) is 0 Å². The zero-order chi connectivity index (χ0) is 9.52. The van der Waals surface area contributed by atoms with Crippen LogP contribution in [0.4, 0.5) is 0 Å². The highest BCUT2D eigenvalue weighted by atomic mass is 16.5. The van der Waals surface area contributed by atoms with E-state index in [-0.39, 0.29) is 5.91 Å². The van der Waals surface area contributed by atoms with E-state index in [1.165, 1.54) is 6.08 Å². The summed E-state index contributed by atoms with van der Waals surface area (Å²) in [5.41, 5.74) is 2.03. The van der Waals surface area contributed by atoms with Crippen molar-refractivity contribution >= 4 is 5.91 Å². The first-order chi connectivity index (χ1) is 6.33. The van der Waals surface area contributed by atoms with Crippen molar-refractivity contribution < 1.29 is 9.53 Å². The third-order valence-corrected chi connectivity index (χ3v) is 1.88. The predicted molar refractivity (Wildman–Crippen MR) is 48.7 cm³/mol. The Kier molecular flexibility index (Phi) is 4.45. The van der Waals surface area contributed by atoms with Crippen molar-refractivity contribution in [3.63, 3.8) is 0 Å². The lowest BCUT2D eigenvalue weighted by atomic mass is 10.4. The Labute approximate surface area is 77.5 Å². The van der Waals surface area contributed by atoms with Crippen molar-refractivity contribution in [2.24, 2.45) is 5.84 Å². The number of amides is 1. The van der Waals surface area contributed by atoms with E-state index in [4.69, 9.17) is 10.6 Å². The number of ether oxygens (including phenoxy) is 1. The van der Waals surface area contributed by atoms with Crippen molar-refractivity contribution in [2.75, 3.05) is 32.8 Å². The zero-order valence-electron chi connectivity index (χ0n) is 7.53. The molecule has 0 saturated carbocycles. The van der Waals surface area contributed by atoms with Gasteiger partial charge in [0, 0.05) is 25.7 Å². The molecule has 1 aliphatic heterocycles. The van der Waals surface area contributed by atoms with Crippen LogP contribution in [0.25, 0.3) is 0 Å². The Bertz CT molecular complexity index is 188. The number of hydrogen-bond donors (Lipinski definition) is 2. The van der Waals surface area contributed by atoms with Gasteiger partial charge in [-0.05, 0) is 0 Å². The summed E-state index contributed by atoms with van der Waals surface area (Å²) in [7, 11) is 0. The molecule has 1 saturated heterocycles. The van der Waals surface area contributed by atoms with E-state index in [0.29, 0.717) is 0 Å². The second kappa shape index (κ2) is 5.69. The van der Waals surface area contributed by atoms with E-state index < -0.39 is 0 Å². The fourth-order valence-corrected chi connectivity index (χ4v) is 1.14. The molecule has 1 aliphatic rings. The number of carbonyl (C=O) groups excluding carboxylic acids is 1. The molecule has 0 radical (unpaired) electrons. The summed E-state index contributed by atoms with van der Waals surface area (Å²) in [5.74, 6) is 4.64. The van der Waals surface area contributed by atoms with E-state index in [1.54, 1.807) is 6.08 Å². The highest BCUT2D eigenvalue weighted by Gasteiger charge is 2.07. The molecule has 1 rings (SSSR count). The van der Waals surface area contributed by atoms with Gasteiger partial charge in [-0.25, -0.2) is 5.84 Å². The standard InChI is InChI=1S/C8H15N3O2/c9-10-8(12)2-1-3-11-4-6-13-7-5-11/h1-2H,3-7,9H2,(H,10,12)/b2-1+. The molecular formula is C8H15N3O2. The zero-order valence-corrected chi connectivity index (χ0v) is 7.53. The van der Waals surface area contributed by atoms with Gasteiger partial charge in [0.2, 0.25) is 0 Å². The molecule has 0 aromatic carbocycles. The van der Waals surface area contributed by atoms with Crippen LogP contribution in [0.3, 0.4) is 0 Å². The first-order valence-electron chi connectivity index (χ1n) is 4.30. The number of hydrazine groups is 1. The minimum atomic E-state index is -0.270. The third kappa shape index (κ3) is 4.02. The van der Waals surface area contributed by atoms with Gasteiger partial charge in [0.1, 0.15) is 0 Å². The summed E-state index contributed by atoms with van der Waals surface area (Å²) >= 11 is 0. The first-order valence-corrected chi connectivity index (χ1v) is 4.30. The maximum absolute atomic E-state index is 10.7. The molecule has 3 N–H and O–H groups in total. The molecule has 0 aliphatic carbocycles. The van der Waals surface area contributed by atoms with Crippen LogP contribution in [0.2, 0.25) is 0 Å². The summed E-state index contributed by atoms with van der Waals surface area (Å²) in [6, 6.07) is 0. The number of morpholine rings is 1. The number of nitrogens with one attached hydrogen (secondary N) is 1. The summed E-state index contributed by atoms with van der Waals surface area (Å²) < 4.78 is 5.18. The summed E-state index contributed by atoms with van der Waals surface area (Å²) in [5, 5.41) is 0. The SMILES string of the molecule is NNC(=O)/C=C/CN1CCOCC1. The van der Waals surface area contributed by atoms with E-state index >= 15 is 0 Å². The molecule has 1 heterocycles. The lowest BCUT2D eigenvalue weighted by Gasteiger charge is -2.24. The number of nitrogens with zero attached hydrogens (tertiary/aromatic N) is 1. The molecule has 0 atom stereocenters. The van der Waals surface area contributed by atoms with Gasteiger partial charge in [-0.2, -0.15) is 0 Å². The normalized spacial score (nSPS) is 19.2. The molecular weight excluding hydrogens is 170 g/mol. The Morgan fingerprint density at radius 3 is 2.85 bits per heavy atom. The minimum absolute atomic E-state index is 0.270. The van der Waals surface area contributed by atoms with Gasteiger partial charge >= 0.3 is 0 Å². The van der Waals surface area contributed by atoms with Crippen LogP contribution in [0.1, 0.15) is 0 Å². The van der Waals surface area contributed by atoms with Crippen LogP contribution >= 0.6 is 0 Å². The smallest absolute Gasteiger partial charge is 0.257 e. The lowest BCUT2D eigenvalue weighted by molar-refractivity contribution is -0.116. The van der Waals surface area contributed by atoms with Crippen molar-refractivity contribution in [1.82, 2.24) is 10.3 Å². The van der Waals surface area contributed by atoms with Crippen molar-refractivity contribution in [3.05, 3.63) is 12.2 Å². The average Bonchev–Trinajstić information content (AvgIpc) is 2.19. The van der Waals surface area contributed by atoms with E-state index in [2.05, 4.69) is 4.90 Å². The Hall–Kier alpha value is -0.910. The summed E-state index contributed by atoms with van der Waals surface area (Å²) in [6.45, 7) is 4.17. The Balaban J connectivity index is 2.16. The van der Waals surface area contributed by atoms with Gasteiger partial charge in [0.05, 0.1) is 13.2 Å². The van der Waals surface area contributed by atoms with Crippen LogP contribution in [0.15, 0.2) is 12.2 Å². The van der Waals surface area contributed by atoms with Gasteiger partial charge in [0.25, 0.3) is 5.91 Å². The first kappa shape index (κ1) is 10.2. The fourth-order valence-electron chi connectivity index (χ4n) is 1.14. The molecule has 74 valence electrons. The molecule has 5 heteroatoms. The number of carbonyl (C=O) groups is 1. The molecule has 0 unspecified atom stereocenters. The largest absolute Gasteiger partial charge is 0.379 e. The molecule has 0 spiro atoms. The summed E-state index contributed by atoms with van der Waals surface area (Å²) in [6.07, 6.45) is 3.24. The number of rotatable bonds is 3. The number of nitrogens with two attached hydrogens (primary N) is 1. The van der Waals surface area contributed by atoms with Crippen LogP contribution in [0.5, 0.6) is 0 Å². The fraction of sp³-hybridized carbons (Fsp3) is 0.625. The van der Waals surface area contributed by atoms with E-state index in [0.717, 1.165) is 32.8 Å². The quantitative estimate of drug-likeness (QED) is 0.252. The third-order valence-electron chi connectivity index (χ3n) is 1.88. The second-order valence-electron chi connectivity index (χ2n) is 2.82. The van der Waals surface area contributed by atoms with E-state index in [1.807, 2.05) is 5.43 Å². The van der Waals surface area contributed by atoms with Gasteiger partial charge in [-0.15, -0.1) is 0 Å². The van der Waals surface area contributed by atoms with Gasteiger partial charge in [-0.3, -0.25) is 15.1 Å². The van der Waals surface area contributed by atoms with Crippen LogP contribution in [-0.4, -0.2) is 43.7 Å². The molecule has 5 nitrogen and oxygen atoms in total. The van der Waals surface area contributed by atoms with Crippen molar-refractivity contribution in [2.45, 2.75) is 0 Å². The van der Waals surface area contributed by atoms with Crippen LogP contribution < -0.4 is 11.3 Å². The average molecular weight is 185 g/mol. The second-order valence-corrected chi connectivity index (χ2v) is 2.82. The highest BCUT2D eigenvalue weighted by Crippen LogP contribution is 1.95. The van der Waals surface area contributed by atoms with Gasteiger partial charge in [-0.1, -0.05) is 6.08 Å². The molecule has 0 aromatic rings. The molecule has 13 heavy (non-hydrogen) atoms. The van der Waals surface area contributed by atoms with Gasteiger partial charge < -0.3 is 4.74 Å². The maximum Gasteiger partial charge on any atom is 0.257 e. The Morgan fingerprint density at radius 2 is 2.23 bits per heavy atom. The predicted octanol–water partition coefficient (Wildman–Crippen LogP) is -1.14. The van der Waals surface area contributed by atoms with Crippen LogP contribution in [-0.2, 0) is 9.53 Å². The van der Waals surface area contributed by atoms with Crippen molar-refractivity contribution in [3.8, 4) is 0 Å². The minimum Gasteiger partial charge on any atom is -0.379 e. The summed E-state index contributed by atoms with van der Waals surface area (Å²) in [4.78, 5) is 12.9. The van der Waals surface area contributed by atoms with Crippen molar-refractivity contribution in [1.29, 1.82) is 0 Å². The Morgan fingerprint density at radius 1 is 1.54 bits per heavy atom. The van der Waals surface area contributed by atoms with E-state index in [9.17, 15) is 4.79 Å². The topological polar surface area (TPSA) is 67.6 Å². The van der Waals surface area contributed by atoms with Crippen LogP contribution in [0, 0.1) is 0 Å². The molecule has 0 aromatic heterocycles. The number of hydrogen-bond acceptors (Lipinski definition) is 4. The molecule has 1 amide bonds. The molecule has 1 fully saturated rings. The lowest BCUT2D eigenvalue weighted by Crippen LogP contribution is -2.36. The maximum atomic E-state index is 10.7. The highest BCUT2D eigenvalue weighted by molar-refractivity contribution is 5.86. The monoisotopic (exact) mass is 185 g/mol.